The van der Waals surface area contributed by atoms with Gasteiger partial charge in [0.15, 0.2) is 11.0 Å². The first kappa shape index (κ1) is 20.8. The van der Waals surface area contributed by atoms with Crippen molar-refractivity contribution in [2.45, 2.75) is 18.6 Å². The summed E-state index contributed by atoms with van der Waals surface area (Å²) in [5.41, 5.74) is 3.89. The van der Waals surface area contributed by atoms with Gasteiger partial charge in [-0.1, -0.05) is 71.9 Å². The third-order valence-corrected chi connectivity index (χ3v) is 5.62. The first-order valence-corrected chi connectivity index (χ1v) is 10.8. The molecular weight excluding hydrogens is 411 g/mol. The first-order valence-electron chi connectivity index (χ1n) is 9.82. The van der Waals surface area contributed by atoms with Crippen LogP contribution in [0.5, 0.6) is 0 Å². The predicted molar refractivity (Wildman–Crippen MR) is 121 cm³/mol. The van der Waals surface area contributed by atoms with Crippen LogP contribution in [0.25, 0.3) is 17.1 Å². The summed E-state index contributed by atoms with van der Waals surface area (Å²) in [6.45, 7) is 2.39. The molecular formula is C24H21FN4OS. The molecule has 0 aliphatic heterocycles. The Morgan fingerprint density at radius 3 is 2.39 bits per heavy atom. The minimum atomic E-state index is -0.296. The number of carbonyl (C=O) groups is 1. The van der Waals surface area contributed by atoms with Gasteiger partial charge in [-0.3, -0.25) is 9.36 Å². The second-order valence-corrected chi connectivity index (χ2v) is 7.98. The lowest BCUT2D eigenvalue weighted by Gasteiger charge is -2.10. The molecule has 1 N–H and O–H groups in total. The number of nitrogens with one attached hydrogen (secondary N) is 1. The summed E-state index contributed by atoms with van der Waals surface area (Å²) in [6.07, 6.45) is 0. The lowest BCUT2D eigenvalue weighted by Crippen LogP contribution is -2.24. The number of nitrogens with zero attached hydrogens (tertiary/aromatic N) is 3. The Morgan fingerprint density at radius 1 is 0.968 bits per heavy atom. The molecule has 0 fully saturated rings. The monoisotopic (exact) mass is 432 g/mol. The summed E-state index contributed by atoms with van der Waals surface area (Å²) in [4.78, 5) is 12.4. The van der Waals surface area contributed by atoms with Gasteiger partial charge in [0, 0.05) is 17.8 Å². The van der Waals surface area contributed by atoms with Gasteiger partial charge in [0.2, 0.25) is 5.91 Å². The van der Waals surface area contributed by atoms with Crippen LogP contribution in [0.1, 0.15) is 11.1 Å². The Hall–Kier alpha value is -3.45. The first-order chi connectivity index (χ1) is 15.1. The average Bonchev–Trinajstić information content (AvgIpc) is 3.22. The Labute approximate surface area is 184 Å². The number of benzene rings is 3. The van der Waals surface area contributed by atoms with Gasteiger partial charge in [-0.05, 0) is 36.8 Å². The minimum absolute atomic E-state index is 0.131. The fourth-order valence-electron chi connectivity index (χ4n) is 3.05. The summed E-state index contributed by atoms with van der Waals surface area (Å²) < 4.78 is 15.0. The average molecular weight is 433 g/mol. The van der Waals surface area contributed by atoms with Gasteiger partial charge in [-0.15, -0.1) is 10.2 Å². The van der Waals surface area contributed by atoms with Crippen LogP contribution in [0.15, 0.2) is 84.0 Å². The Morgan fingerprint density at radius 2 is 1.68 bits per heavy atom. The molecule has 0 saturated heterocycles. The van der Waals surface area contributed by atoms with Gasteiger partial charge in [0.05, 0.1) is 5.75 Å². The number of hydrogen-bond acceptors (Lipinski definition) is 4. The van der Waals surface area contributed by atoms with Gasteiger partial charge in [-0.2, -0.15) is 0 Å². The molecule has 0 spiro atoms. The summed E-state index contributed by atoms with van der Waals surface area (Å²) in [6, 6.07) is 24.0. The Balaban J connectivity index is 1.50. The number of carbonyl (C=O) groups excluding carboxylic acids is 1. The van der Waals surface area contributed by atoms with Gasteiger partial charge < -0.3 is 5.32 Å². The highest BCUT2D eigenvalue weighted by Gasteiger charge is 2.17. The maximum Gasteiger partial charge on any atom is 0.230 e. The zero-order chi connectivity index (χ0) is 21.6. The number of rotatable bonds is 7. The molecule has 0 bridgehead atoms. The molecule has 0 atom stereocenters. The fraction of sp³-hybridized carbons (Fsp3) is 0.125. The zero-order valence-corrected chi connectivity index (χ0v) is 17.8. The maximum atomic E-state index is 13.0. The second-order valence-electron chi connectivity index (χ2n) is 7.04. The van der Waals surface area contributed by atoms with E-state index in [9.17, 15) is 9.18 Å². The van der Waals surface area contributed by atoms with E-state index in [0.717, 1.165) is 22.6 Å². The van der Waals surface area contributed by atoms with E-state index in [1.54, 1.807) is 12.1 Å². The van der Waals surface area contributed by atoms with Crippen molar-refractivity contribution in [2.75, 3.05) is 5.75 Å². The number of halogens is 1. The molecule has 31 heavy (non-hydrogen) atoms. The number of aromatic nitrogens is 3. The van der Waals surface area contributed by atoms with Crippen molar-refractivity contribution in [1.29, 1.82) is 0 Å². The number of thioether (sulfide) groups is 1. The predicted octanol–water partition coefficient (Wildman–Crippen LogP) is 4.79. The number of aryl methyl sites for hydroxylation is 1. The molecule has 3 aromatic carbocycles. The normalized spacial score (nSPS) is 10.8. The van der Waals surface area contributed by atoms with Gasteiger partial charge >= 0.3 is 0 Å². The summed E-state index contributed by atoms with van der Waals surface area (Å²) in [5, 5.41) is 12.2. The van der Waals surface area contributed by atoms with Crippen LogP contribution < -0.4 is 5.32 Å². The SMILES string of the molecule is Cc1ccc(-c2nnc(SCC(=O)NCc3ccc(F)cc3)n2-c2ccccc2)cc1. The van der Waals surface area contributed by atoms with Crippen LogP contribution in [0.4, 0.5) is 4.39 Å². The van der Waals surface area contributed by atoms with Crippen molar-refractivity contribution >= 4 is 17.7 Å². The third kappa shape index (κ3) is 5.19. The molecule has 1 amide bonds. The van der Waals surface area contributed by atoms with Crippen molar-refractivity contribution in [3.05, 3.63) is 95.8 Å². The van der Waals surface area contributed by atoms with E-state index in [0.29, 0.717) is 11.7 Å². The maximum absolute atomic E-state index is 13.0. The van der Waals surface area contributed by atoms with Crippen LogP contribution in [-0.4, -0.2) is 26.4 Å². The van der Waals surface area contributed by atoms with Crippen LogP contribution in [-0.2, 0) is 11.3 Å². The molecule has 7 heteroatoms. The molecule has 4 aromatic rings. The fourth-order valence-corrected chi connectivity index (χ4v) is 3.83. The van der Waals surface area contributed by atoms with Crippen molar-refractivity contribution in [1.82, 2.24) is 20.1 Å². The quantitative estimate of drug-likeness (QED) is 0.427. The van der Waals surface area contributed by atoms with Gasteiger partial charge in [0.1, 0.15) is 5.82 Å². The van der Waals surface area contributed by atoms with Gasteiger partial charge in [-0.25, -0.2) is 4.39 Å². The lowest BCUT2D eigenvalue weighted by atomic mass is 10.1. The zero-order valence-electron chi connectivity index (χ0n) is 17.0. The van der Waals surface area contributed by atoms with E-state index in [4.69, 9.17) is 0 Å². The smallest absolute Gasteiger partial charge is 0.230 e. The topological polar surface area (TPSA) is 59.8 Å². The number of hydrogen-bond donors (Lipinski definition) is 1. The van der Waals surface area contributed by atoms with Crippen molar-refractivity contribution in [3.63, 3.8) is 0 Å². The molecule has 156 valence electrons. The van der Waals surface area contributed by atoms with E-state index >= 15 is 0 Å². The van der Waals surface area contributed by atoms with Crippen LogP contribution >= 0.6 is 11.8 Å². The van der Waals surface area contributed by atoms with E-state index in [1.807, 2.05) is 66.1 Å². The summed E-state index contributed by atoms with van der Waals surface area (Å²) in [5.74, 6) is 0.490. The highest BCUT2D eigenvalue weighted by Crippen LogP contribution is 2.28. The third-order valence-electron chi connectivity index (χ3n) is 4.69. The highest BCUT2D eigenvalue weighted by molar-refractivity contribution is 7.99. The van der Waals surface area contributed by atoms with Crippen LogP contribution in [0, 0.1) is 12.7 Å². The Bertz CT molecular complexity index is 1160. The van der Waals surface area contributed by atoms with E-state index in [2.05, 4.69) is 15.5 Å². The summed E-state index contributed by atoms with van der Waals surface area (Å²) in [7, 11) is 0. The largest absolute Gasteiger partial charge is 0.351 e. The van der Waals surface area contributed by atoms with Crippen molar-refractivity contribution in [2.24, 2.45) is 0 Å². The molecule has 0 aliphatic rings. The molecule has 0 radical (unpaired) electrons. The van der Waals surface area contributed by atoms with E-state index in [1.165, 1.54) is 29.5 Å². The van der Waals surface area contributed by atoms with Crippen molar-refractivity contribution < 1.29 is 9.18 Å². The molecule has 4 rings (SSSR count). The molecule has 1 aromatic heterocycles. The summed E-state index contributed by atoms with van der Waals surface area (Å²) >= 11 is 1.32. The van der Waals surface area contributed by atoms with E-state index in [-0.39, 0.29) is 17.5 Å². The number of amides is 1. The van der Waals surface area contributed by atoms with Crippen LogP contribution in [0.3, 0.4) is 0 Å². The molecule has 0 aliphatic carbocycles. The second kappa shape index (κ2) is 9.57. The molecule has 5 nitrogen and oxygen atoms in total. The molecule has 1 heterocycles. The molecule has 0 unspecified atom stereocenters. The number of para-hydroxylation sites is 1. The highest BCUT2D eigenvalue weighted by atomic mass is 32.2. The van der Waals surface area contributed by atoms with E-state index < -0.39 is 0 Å². The minimum Gasteiger partial charge on any atom is -0.351 e. The lowest BCUT2D eigenvalue weighted by molar-refractivity contribution is -0.118. The van der Waals surface area contributed by atoms with Gasteiger partial charge in [0.25, 0.3) is 0 Å². The standard InChI is InChI=1S/C24H21FN4OS/c1-17-7-11-19(12-8-17)23-27-28-24(29(23)21-5-3-2-4-6-21)31-16-22(30)26-15-18-9-13-20(25)14-10-18/h2-14H,15-16H2,1H3,(H,26,30). The van der Waals surface area contributed by atoms with Crippen LogP contribution in [0.2, 0.25) is 0 Å². The van der Waals surface area contributed by atoms with Crippen molar-refractivity contribution in [3.8, 4) is 17.1 Å². The molecule has 0 saturated carbocycles. The Kier molecular flexibility index (Phi) is 6.43.